The summed E-state index contributed by atoms with van der Waals surface area (Å²) in [4.78, 5) is 24.0. The molecule has 0 amide bonds. The Bertz CT molecular complexity index is 850. The number of carbonyl (C=O) groups is 1. The second-order valence-electron chi connectivity index (χ2n) is 4.51. The van der Waals surface area contributed by atoms with E-state index in [0.717, 1.165) is 0 Å². The van der Waals surface area contributed by atoms with Crippen LogP contribution in [-0.4, -0.2) is 10.4 Å². The van der Waals surface area contributed by atoms with Gasteiger partial charge in [0.05, 0.1) is 17.3 Å². The number of benzene rings is 1. The number of oxazole rings is 1. The number of fused-ring (bicyclic) bond motifs is 1. The molecule has 2 heterocycles. The Kier molecular flexibility index (Phi) is 2.82. The average molecular weight is 271 g/mol. The van der Waals surface area contributed by atoms with Crippen molar-refractivity contribution in [3.05, 3.63) is 58.0 Å². The monoisotopic (exact) mass is 271 g/mol. The van der Waals surface area contributed by atoms with Crippen LogP contribution in [0.2, 0.25) is 0 Å². The average Bonchev–Trinajstić information content (AvgIpc) is 2.99. The second-order valence-corrected chi connectivity index (χ2v) is 4.51. The van der Waals surface area contributed by atoms with E-state index in [1.54, 1.807) is 31.2 Å². The SMILES string of the molecule is CCn1c(=O)oc2cc(C(=O)c3ccoc3C)ccc21. The summed E-state index contributed by atoms with van der Waals surface area (Å²) in [6.45, 7) is 4.13. The summed E-state index contributed by atoms with van der Waals surface area (Å²) in [5.74, 6) is 0.0133. The van der Waals surface area contributed by atoms with E-state index in [1.807, 2.05) is 6.92 Å². The first-order chi connectivity index (χ1) is 9.61. The largest absolute Gasteiger partial charge is 0.469 e. The van der Waals surface area contributed by atoms with Crippen molar-refractivity contribution in [2.24, 2.45) is 0 Å². The number of furan rings is 1. The molecule has 0 saturated carbocycles. The van der Waals surface area contributed by atoms with E-state index < -0.39 is 5.76 Å². The third-order valence-electron chi connectivity index (χ3n) is 3.35. The fourth-order valence-corrected chi connectivity index (χ4v) is 2.28. The van der Waals surface area contributed by atoms with Crippen molar-refractivity contribution in [1.82, 2.24) is 4.57 Å². The van der Waals surface area contributed by atoms with Gasteiger partial charge in [-0.1, -0.05) is 0 Å². The molecule has 2 aromatic heterocycles. The number of hydrogen-bond acceptors (Lipinski definition) is 4. The third kappa shape index (κ3) is 1.79. The Morgan fingerprint density at radius 1 is 1.30 bits per heavy atom. The summed E-state index contributed by atoms with van der Waals surface area (Å²) in [5.41, 5.74) is 2.10. The van der Waals surface area contributed by atoms with Crippen LogP contribution in [0.4, 0.5) is 0 Å². The topological polar surface area (TPSA) is 65.3 Å². The van der Waals surface area contributed by atoms with Crippen molar-refractivity contribution in [2.75, 3.05) is 0 Å². The van der Waals surface area contributed by atoms with E-state index in [0.29, 0.717) is 34.5 Å². The van der Waals surface area contributed by atoms with Gasteiger partial charge in [-0.3, -0.25) is 9.36 Å². The van der Waals surface area contributed by atoms with Crippen LogP contribution in [0.5, 0.6) is 0 Å². The Labute approximate surface area is 114 Å². The summed E-state index contributed by atoms with van der Waals surface area (Å²) in [7, 11) is 0. The van der Waals surface area contributed by atoms with Crippen LogP contribution in [0.1, 0.15) is 28.6 Å². The highest BCUT2D eigenvalue weighted by Crippen LogP contribution is 2.19. The Morgan fingerprint density at radius 3 is 2.75 bits per heavy atom. The Hall–Kier alpha value is -2.56. The van der Waals surface area contributed by atoms with Gasteiger partial charge in [-0.25, -0.2) is 4.79 Å². The number of aromatic nitrogens is 1. The third-order valence-corrected chi connectivity index (χ3v) is 3.35. The van der Waals surface area contributed by atoms with Gasteiger partial charge in [0.25, 0.3) is 0 Å². The molecule has 0 atom stereocenters. The predicted octanol–water partition coefficient (Wildman–Crippen LogP) is 2.75. The lowest BCUT2D eigenvalue weighted by atomic mass is 10.0. The minimum absolute atomic E-state index is 0.148. The summed E-state index contributed by atoms with van der Waals surface area (Å²) >= 11 is 0. The molecule has 0 saturated heterocycles. The molecule has 0 N–H and O–H groups in total. The highest BCUT2D eigenvalue weighted by atomic mass is 16.4. The maximum atomic E-state index is 12.3. The fraction of sp³-hybridized carbons (Fsp3) is 0.200. The van der Waals surface area contributed by atoms with Crippen molar-refractivity contribution in [3.63, 3.8) is 0 Å². The van der Waals surface area contributed by atoms with Crippen molar-refractivity contribution in [2.45, 2.75) is 20.4 Å². The van der Waals surface area contributed by atoms with Crippen LogP contribution in [0.25, 0.3) is 11.1 Å². The molecule has 0 spiro atoms. The molecule has 0 aliphatic rings. The quantitative estimate of drug-likeness (QED) is 0.687. The van der Waals surface area contributed by atoms with E-state index in [1.165, 1.54) is 10.8 Å². The summed E-state index contributed by atoms with van der Waals surface area (Å²) in [6.07, 6.45) is 1.48. The van der Waals surface area contributed by atoms with Crippen LogP contribution < -0.4 is 5.76 Å². The zero-order valence-electron chi connectivity index (χ0n) is 11.2. The number of aryl methyl sites for hydroxylation is 2. The Morgan fingerprint density at radius 2 is 2.10 bits per heavy atom. The molecule has 0 fully saturated rings. The summed E-state index contributed by atoms with van der Waals surface area (Å²) in [5, 5.41) is 0. The number of rotatable bonds is 3. The minimum Gasteiger partial charge on any atom is -0.469 e. The highest BCUT2D eigenvalue weighted by molar-refractivity contribution is 6.10. The van der Waals surface area contributed by atoms with E-state index in [4.69, 9.17) is 8.83 Å². The van der Waals surface area contributed by atoms with Crippen LogP contribution in [0, 0.1) is 6.92 Å². The molecule has 0 bridgehead atoms. The van der Waals surface area contributed by atoms with Crippen molar-refractivity contribution < 1.29 is 13.6 Å². The van der Waals surface area contributed by atoms with Gasteiger partial charge in [0, 0.05) is 12.1 Å². The van der Waals surface area contributed by atoms with E-state index in [2.05, 4.69) is 0 Å². The van der Waals surface area contributed by atoms with Gasteiger partial charge in [-0.15, -0.1) is 0 Å². The smallest absolute Gasteiger partial charge is 0.419 e. The van der Waals surface area contributed by atoms with E-state index in [9.17, 15) is 9.59 Å². The van der Waals surface area contributed by atoms with Gasteiger partial charge in [0.2, 0.25) is 0 Å². The molecule has 102 valence electrons. The molecule has 1 aromatic carbocycles. The predicted molar refractivity (Wildman–Crippen MR) is 73.0 cm³/mol. The van der Waals surface area contributed by atoms with E-state index >= 15 is 0 Å². The number of carbonyl (C=O) groups excluding carboxylic acids is 1. The standard InChI is InChI=1S/C15H13NO4/c1-3-16-12-5-4-10(8-13(12)20-15(16)18)14(17)11-6-7-19-9(11)2/h4-8H,3H2,1-2H3. The zero-order chi connectivity index (χ0) is 14.3. The molecule has 0 radical (unpaired) electrons. The molecule has 0 unspecified atom stereocenters. The molecular weight excluding hydrogens is 258 g/mol. The van der Waals surface area contributed by atoms with Crippen molar-refractivity contribution in [3.8, 4) is 0 Å². The number of ketones is 1. The van der Waals surface area contributed by atoms with Gasteiger partial charge in [-0.05, 0) is 38.1 Å². The van der Waals surface area contributed by atoms with Gasteiger partial charge >= 0.3 is 5.76 Å². The van der Waals surface area contributed by atoms with Gasteiger partial charge in [0.15, 0.2) is 11.4 Å². The zero-order valence-corrected chi connectivity index (χ0v) is 11.2. The molecule has 5 nitrogen and oxygen atoms in total. The van der Waals surface area contributed by atoms with Crippen LogP contribution in [0.15, 0.2) is 44.2 Å². The summed E-state index contributed by atoms with van der Waals surface area (Å²) in [6, 6.07) is 6.65. The lowest BCUT2D eigenvalue weighted by Gasteiger charge is -2.00. The van der Waals surface area contributed by atoms with Gasteiger partial charge < -0.3 is 8.83 Å². The molecule has 5 heteroatoms. The van der Waals surface area contributed by atoms with Crippen LogP contribution >= 0.6 is 0 Å². The lowest BCUT2D eigenvalue weighted by molar-refractivity contribution is 0.103. The fourth-order valence-electron chi connectivity index (χ4n) is 2.28. The van der Waals surface area contributed by atoms with E-state index in [-0.39, 0.29) is 5.78 Å². The van der Waals surface area contributed by atoms with Gasteiger partial charge in [0.1, 0.15) is 5.76 Å². The molecule has 0 aliphatic heterocycles. The first-order valence-electron chi connectivity index (χ1n) is 6.34. The second kappa shape index (κ2) is 4.52. The molecular formula is C15H13NO4. The Balaban J connectivity index is 2.12. The maximum absolute atomic E-state index is 12.3. The van der Waals surface area contributed by atoms with Crippen molar-refractivity contribution >= 4 is 16.9 Å². The molecule has 0 aliphatic carbocycles. The van der Waals surface area contributed by atoms with Crippen LogP contribution in [0.3, 0.4) is 0 Å². The molecule has 3 rings (SSSR count). The normalized spacial score (nSPS) is 11.1. The lowest BCUT2D eigenvalue weighted by Crippen LogP contribution is -2.11. The molecule has 3 aromatic rings. The first kappa shape index (κ1) is 12.5. The highest BCUT2D eigenvalue weighted by Gasteiger charge is 2.16. The molecule has 20 heavy (non-hydrogen) atoms. The van der Waals surface area contributed by atoms with Crippen LogP contribution in [-0.2, 0) is 6.54 Å². The maximum Gasteiger partial charge on any atom is 0.419 e. The van der Waals surface area contributed by atoms with Crippen molar-refractivity contribution in [1.29, 1.82) is 0 Å². The summed E-state index contributed by atoms with van der Waals surface area (Å²) < 4.78 is 11.8. The number of hydrogen-bond donors (Lipinski definition) is 0. The number of nitrogens with zero attached hydrogens (tertiary/aromatic N) is 1. The van der Waals surface area contributed by atoms with Gasteiger partial charge in [-0.2, -0.15) is 0 Å². The minimum atomic E-state index is -0.411. The first-order valence-corrected chi connectivity index (χ1v) is 6.34.